The molecule has 78 valence electrons. The minimum Gasteiger partial charge on any atom is -0.505 e. The molecule has 1 N–H and O–H groups in total. The molecule has 0 spiro atoms. The second-order valence-electron chi connectivity index (χ2n) is 2.52. The van der Waals surface area contributed by atoms with Crippen LogP contribution < -0.4 is 0 Å². The number of aromatic hydroxyl groups is 1. The van der Waals surface area contributed by atoms with Crippen molar-refractivity contribution in [2.24, 2.45) is 0 Å². The van der Waals surface area contributed by atoms with Crippen molar-refractivity contribution in [2.75, 3.05) is 0 Å². The molecule has 0 amide bonds. The van der Waals surface area contributed by atoms with Gasteiger partial charge in [0.05, 0.1) is 5.69 Å². The fourth-order valence-electron chi connectivity index (χ4n) is 0.834. The van der Waals surface area contributed by atoms with Gasteiger partial charge in [-0.1, -0.05) is 58.0 Å². The predicted octanol–water partition coefficient (Wildman–Crippen LogP) is 4.23. The number of aromatic nitrogens is 1. The first-order valence-corrected chi connectivity index (χ1v) is 5.26. The van der Waals surface area contributed by atoms with Gasteiger partial charge in [-0.2, -0.15) is 0 Å². The summed E-state index contributed by atoms with van der Waals surface area (Å²) in [5.41, 5.74) is 0.304. The van der Waals surface area contributed by atoms with E-state index in [4.69, 9.17) is 58.0 Å². The molecule has 0 saturated carbocycles. The SMILES string of the molecule is Cc1nc(C(Cl)(Cl)Cl)c(Cl)c(O)c1Cl. The predicted molar refractivity (Wildman–Crippen MR) is 59.9 cm³/mol. The molecule has 0 aliphatic heterocycles. The van der Waals surface area contributed by atoms with Crippen LogP contribution in [0.1, 0.15) is 11.4 Å². The zero-order chi connectivity index (χ0) is 11.1. The highest BCUT2D eigenvalue weighted by Gasteiger charge is 2.30. The molecule has 0 atom stereocenters. The molecule has 0 fully saturated rings. The van der Waals surface area contributed by atoms with Gasteiger partial charge in [-0.25, -0.2) is 0 Å². The van der Waals surface area contributed by atoms with Crippen LogP contribution in [0.3, 0.4) is 0 Å². The van der Waals surface area contributed by atoms with Gasteiger partial charge in [0.1, 0.15) is 15.7 Å². The van der Waals surface area contributed by atoms with E-state index in [1.54, 1.807) is 6.92 Å². The van der Waals surface area contributed by atoms with Gasteiger partial charge < -0.3 is 5.11 Å². The average molecular weight is 295 g/mol. The monoisotopic (exact) mass is 293 g/mol. The molecule has 1 rings (SSSR count). The van der Waals surface area contributed by atoms with Crippen LogP contribution >= 0.6 is 58.0 Å². The summed E-state index contributed by atoms with van der Waals surface area (Å²) in [5.74, 6) is -0.331. The summed E-state index contributed by atoms with van der Waals surface area (Å²) < 4.78 is -1.79. The molecule has 7 heteroatoms. The molecule has 0 aliphatic rings. The Morgan fingerprint density at radius 3 is 2.07 bits per heavy atom. The topological polar surface area (TPSA) is 33.1 Å². The van der Waals surface area contributed by atoms with Crippen LogP contribution in [-0.4, -0.2) is 10.1 Å². The summed E-state index contributed by atoms with van der Waals surface area (Å²) in [5, 5.41) is 9.35. The van der Waals surface area contributed by atoms with E-state index in [2.05, 4.69) is 4.98 Å². The summed E-state index contributed by atoms with van der Waals surface area (Å²) in [6.07, 6.45) is 0. The highest BCUT2D eigenvalue weighted by molar-refractivity contribution is 6.67. The molecule has 14 heavy (non-hydrogen) atoms. The molecule has 0 aliphatic carbocycles. The van der Waals surface area contributed by atoms with Crippen LogP contribution in [0.25, 0.3) is 0 Å². The van der Waals surface area contributed by atoms with Crippen molar-refractivity contribution in [3.63, 3.8) is 0 Å². The Morgan fingerprint density at radius 2 is 1.64 bits per heavy atom. The number of rotatable bonds is 0. The van der Waals surface area contributed by atoms with E-state index in [1.807, 2.05) is 0 Å². The number of nitrogens with zero attached hydrogens (tertiary/aromatic N) is 1. The Morgan fingerprint density at radius 1 is 1.14 bits per heavy atom. The van der Waals surface area contributed by atoms with Crippen molar-refractivity contribution in [1.82, 2.24) is 4.98 Å². The fourth-order valence-corrected chi connectivity index (χ4v) is 1.85. The third kappa shape index (κ3) is 2.31. The van der Waals surface area contributed by atoms with Gasteiger partial charge in [0.15, 0.2) is 5.75 Å². The lowest BCUT2D eigenvalue weighted by molar-refractivity contribution is 0.473. The van der Waals surface area contributed by atoms with Gasteiger partial charge in [-0.15, -0.1) is 0 Å². The highest BCUT2D eigenvalue weighted by atomic mass is 35.6. The second kappa shape index (κ2) is 4.11. The van der Waals surface area contributed by atoms with E-state index in [0.29, 0.717) is 5.69 Å². The normalized spacial score (nSPS) is 11.9. The lowest BCUT2D eigenvalue weighted by Crippen LogP contribution is -2.06. The average Bonchev–Trinajstić information content (AvgIpc) is 2.06. The summed E-state index contributed by atoms with van der Waals surface area (Å²) in [6, 6.07) is 0. The number of alkyl halides is 3. The third-order valence-corrected chi connectivity index (χ3v) is 2.84. The van der Waals surface area contributed by atoms with E-state index in [9.17, 15) is 5.11 Å². The molecular formula is C7H4Cl5NO. The zero-order valence-electron chi connectivity index (χ0n) is 6.78. The first kappa shape index (κ1) is 12.5. The molecule has 0 bridgehead atoms. The first-order valence-electron chi connectivity index (χ1n) is 3.37. The maximum Gasteiger partial charge on any atom is 0.234 e. The van der Waals surface area contributed by atoms with Crippen molar-refractivity contribution in [3.05, 3.63) is 21.4 Å². The Bertz CT molecular complexity index is 373. The Hall–Kier alpha value is 0.400. The maximum atomic E-state index is 9.45. The first-order chi connectivity index (χ1) is 6.25. The standard InChI is InChI=1S/C7H4Cl5NO/c1-2-3(8)5(14)4(9)6(13-2)7(10,11)12/h1H3,(H,13,14). The van der Waals surface area contributed by atoms with Crippen LogP contribution in [0.5, 0.6) is 5.75 Å². The molecule has 0 aromatic carbocycles. The molecule has 0 unspecified atom stereocenters. The highest BCUT2D eigenvalue weighted by Crippen LogP contribution is 2.45. The van der Waals surface area contributed by atoms with Crippen LogP contribution in [0, 0.1) is 6.92 Å². The van der Waals surface area contributed by atoms with Gasteiger partial charge in [0, 0.05) is 0 Å². The number of hydrogen-bond acceptors (Lipinski definition) is 2. The Balaban J connectivity index is 3.49. The van der Waals surface area contributed by atoms with Crippen molar-refractivity contribution < 1.29 is 5.11 Å². The molecule has 0 radical (unpaired) electrons. The summed E-state index contributed by atoms with van der Waals surface area (Å²) in [6.45, 7) is 1.57. The van der Waals surface area contributed by atoms with Crippen LogP contribution in [0.15, 0.2) is 0 Å². The molecule has 2 nitrogen and oxygen atoms in total. The van der Waals surface area contributed by atoms with Gasteiger partial charge >= 0.3 is 0 Å². The quantitative estimate of drug-likeness (QED) is 0.727. The van der Waals surface area contributed by atoms with Gasteiger partial charge in [0.2, 0.25) is 3.79 Å². The largest absolute Gasteiger partial charge is 0.505 e. The van der Waals surface area contributed by atoms with Gasteiger partial charge in [-0.3, -0.25) is 4.98 Å². The van der Waals surface area contributed by atoms with Crippen LogP contribution in [0.2, 0.25) is 10.0 Å². The number of aryl methyl sites for hydroxylation is 1. The van der Waals surface area contributed by atoms with Crippen LogP contribution in [0.4, 0.5) is 0 Å². The molecule has 1 aromatic heterocycles. The Kier molecular flexibility index (Phi) is 3.66. The minimum atomic E-state index is -1.79. The second-order valence-corrected chi connectivity index (χ2v) is 5.56. The van der Waals surface area contributed by atoms with Gasteiger partial charge in [-0.05, 0) is 6.92 Å². The van der Waals surface area contributed by atoms with E-state index < -0.39 is 3.79 Å². The molecular weight excluding hydrogens is 291 g/mol. The molecule has 1 aromatic rings. The maximum absolute atomic E-state index is 9.45. The molecule has 1 heterocycles. The summed E-state index contributed by atoms with van der Waals surface area (Å²) in [4.78, 5) is 3.88. The number of pyridine rings is 1. The third-order valence-electron chi connectivity index (χ3n) is 1.49. The van der Waals surface area contributed by atoms with Crippen molar-refractivity contribution in [3.8, 4) is 5.75 Å². The van der Waals surface area contributed by atoms with Crippen LogP contribution in [-0.2, 0) is 3.79 Å². The molecule has 0 saturated heterocycles. The summed E-state index contributed by atoms with van der Waals surface area (Å²) in [7, 11) is 0. The van der Waals surface area contributed by atoms with Gasteiger partial charge in [0.25, 0.3) is 0 Å². The Labute approximate surface area is 106 Å². The van der Waals surface area contributed by atoms with E-state index in [0.717, 1.165) is 0 Å². The van der Waals surface area contributed by atoms with Crippen molar-refractivity contribution in [1.29, 1.82) is 0 Å². The van der Waals surface area contributed by atoms with Crippen molar-refractivity contribution in [2.45, 2.75) is 10.7 Å². The van der Waals surface area contributed by atoms with Crippen molar-refractivity contribution >= 4 is 58.0 Å². The lowest BCUT2D eigenvalue weighted by Gasteiger charge is -2.14. The summed E-state index contributed by atoms with van der Waals surface area (Å²) >= 11 is 28.2. The fraction of sp³-hybridized carbons (Fsp3) is 0.286. The smallest absolute Gasteiger partial charge is 0.234 e. The lowest BCUT2D eigenvalue weighted by atomic mass is 10.3. The number of halogens is 5. The zero-order valence-corrected chi connectivity index (χ0v) is 10.6. The number of hydrogen-bond donors (Lipinski definition) is 1. The minimum absolute atomic E-state index is 0.0384. The van der Waals surface area contributed by atoms with E-state index >= 15 is 0 Å². The van der Waals surface area contributed by atoms with E-state index in [-0.39, 0.29) is 21.5 Å². The van der Waals surface area contributed by atoms with E-state index in [1.165, 1.54) is 0 Å².